The molecule has 1 saturated heterocycles. The van der Waals surface area contributed by atoms with E-state index in [9.17, 15) is 4.79 Å². The number of amides is 1. The van der Waals surface area contributed by atoms with Crippen LogP contribution in [-0.4, -0.2) is 29.9 Å². The number of nitrogens with zero attached hydrogens (tertiary/aromatic N) is 1. The fourth-order valence-electron chi connectivity index (χ4n) is 2.93. The first-order valence-corrected chi connectivity index (χ1v) is 8.21. The van der Waals surface area contributed by atoms with Crippen molar-refractivity contribution < 1.29 is 4.79 Å². The SMILES string of the molecule is CC1(C(=O)N(Cc2ccc(Cl)c(Cl)c2)C2CC2)CCNC1. The molecule has 5 heteroatoms. The zero-order valence-corrected chi connectivity index (χ0v) is 13.7. The molecule has 1 heterocycles. The Labute approximate surface area is 135 Å². The van der Waals surface area contributed by atoms with Gasteiger partial charge in [-0.3, -0.25) is 4.79 Å². The van der Waals surface area contributed by atoms with E-state index in [1.165, 1.54) is 0 Å². The molecular weight excluding hydrogens is 307 g/mol. The first-order valence-electron chi connectivity index (χ1n) is 7.45. The summed E-state index contributed by atoms with van der Waals surface area (Å²) >= 11 is 12.0. The van der Waals surface area contributed by atoms with Crippen LogP contribution in [0.15, 0.2) is 18.2 Å². The van der Waals surface area contributed by atoms with E-state index in [4.69, 9.17) is 23.2 Å². The van der Waals surface area contributed by atoms with Crippen LogP contribution in [0.25, 0.3) is 0 Å². The number of halogens is 2. The molecule has 1 N–H and O–H groups in total. The Morgan fingerprint density at radius 3 is 2.71 bits per heavy atom. The summed E-state index contributed by atoms with van der Waals surface area (Å²) in [5.41, 5.74) is 0.776. The number of rotatable bonds is 4. The number of carbonyl (C=O) groups excluding carboxylic acids is 1. The van der Waals surface area contributed by atoms with Crippen molar-refractivity contribution in [1.82, 2.24) is 10.2 Å². The summed E-state index contributed by atoms with van der Waals surface area (Å²) in [4.78, 5) is 15.0. The predicted molar refractivity (Wildman–Crippen MR) is 85.6 cm³/mol. The smallest absolute Gasteiger partial charge is 0.230 e. The van der Waals surface area contributed by atoms with Gasteiger partial charge < -0.3 is 10.2 Å². The van der Waals surface area contributed by atoms with Gasteiger partial charge in [0.1, 0.15) is 0 Å². The first-order chi connectivity index (χ1) is 9.99. The number of hydrogen-bond donors (Lipinski definition) is 1. The Hall–Kier alpha value is -0.770. The van der Waals surface area contributed by atoms with Crippen LogP contribution in [0.4, 0.5) is 0 Å². The molecule has 1 atom stereocenters. The molecular formula is C16H20Cl2N2O. The maximum atomic E-state index is 12.9. The average Bonchev–Trinajstić information content (AvgIpc) is 3.21. The van der Waals surface area contributed by atoms with Crippen molar-refractivity contribution >= 4 is 29.1 Å². The predicted octanol–water partition coefficient (Wildman–Crippen LogP) is 3.48. The van der Waals surface area contributed by atoms with E-state index in [1.807, 2.05) is 17.0 Å². The van der Waals surface area contributed by atoms with Gasteiger partial charge in [0.15, 0.2) is 0 Å². The van der Waals surface area contributed by atoms with Crippen molar-refractivity contribution in [2.45, 2.75) is 38.8 Å². The lowest BCUT2D eigenvalue weighted by atomic mass is 9.88. The Kier molecular flexibility index (Phi) is 4.17. The third-order valence-electron chi connectivity index (χ3n) is 4.47. The lowest BCUT2D eigenvalue weighted by molar-refractivity contribution is -0.141. The summed E-state index contributed by atoms with van der Waals surface area (Å²) in [6, 6.07) is 6.01. The van der Waals surface area contributed by atoms with Crippen LogP contribution >= 0.6 is 23.2 Å². The maximum Gasteiger partial charge on any atom is 0.230 e. The van der Waals surface area contributed by atoms with Crippen molar-refractivity contribution in [1.29, 1.82) is 0 Å². The highest BCUT2D eigenvalue weighted by atomic mass is 35.5. The van der Waals surface area contributed by atoms with Crippen molar-refractivity contribution in [2.75, 3.05) is 13.1 Å². The summed E-state index contributed by atoms with van der Waals surface area (Å²) < 4.78 is 0. The van der Waals surface area contributed by atoms with Gasteiger partial charge in [-0.2, -0.15) is 0 Å². The maximum absolute atomic E-state index is 12.9. The minimum atomic E-state index is -0.265. The molecule has 114 valence electrons. The van der Waals surface area contributed by atoms with E-state index < -0.39 is 0 Å². The third-order valence-corrected chi connectivity index (χ3v) is 5.21. The molecule has 1 aliphatic carbocycles. The molecule has 1 aromatic rings. The van der Waals surface area contributed by atoms with Gasteiger partial charge in [0.25, 0.3) is 0 Å². The minimum Gasteiger partial charge on any atom is -0.335 e. The Balaban J connectivity index is 1.78. The fraction of sp³-hybridized carbons (Fsp3) is 0.562. The second kappa shape index (κ2) is 5.79. The zero-order chi connectivity index (χ0) is 15.0. The number of carbonyl (C=O) groups is 1. The van der Waals surface area contributed by atoms with E-state index in [0.29, 0.717) is 22.6 Å². The quantitative estimate of drug-likeness (QED) is 0.918. The highest BCUT2D eigenvalue weighted by Crippen LogP contribution is 2.35. The lowest BCUT2D eigenvalue weighted by Gasteiger charge is -2.31. The van der Waals surface area contributed by atoms with Crippen molar-refractivity contribution in [3.05, 3.63) is 33.8 Å². The van der Waals surface area contributed by atoms with Crippen LogP contribution in [0.1, 0.15) is 31.7 Å². The molecule has 1 aliphatic heterocycles. The molecule has 1 unspecified atom stereocenters. The highest BCUT2D eigenvalue weighted by molar-refractivity contribution is 6.42. The second-order valence-electron chi connectivity index (χ2n) is 6.40. The van der Waals surface area contributed by atoms with Crippen LogP contribution in [-0.2, 0) is 11.3 Å². The van der Waals surface area contributed by atoms with Crippen LogP contribution in [0.2, 0.25) is 10.0 Å². The minimum absolute atomic E-state index is 0.265. The van der Waals surface area contributed by atoms with Gasteiger partial charge in [0, 0.05) is 19.1 Å². The van der Waals surface area contributed by atoms with Gasteiger partial charge in [-0.1, -0.05) is 29.3 Å². The molecule has 0 bridgehead atoms. The van der Waals surface area contributed by atoms with Crippen LogP contribution in [0.5, 0.6) is 0 Å². The Morgan fingerprint density at radius 2 is 2.14 bits per heavy atom. The molecule has 1 amide bonds. The normalized spacial score (nSPS) is 25.1. The van der Waals surface area contributed by atoms with Crippen LogP contribution < -0.4 is 5.32 Å². The third kappa shape index (κ3) is 3.20. The van der Waals surface area contributed by atoms with E-state index in [-0.39, 0.29) is 11.3 Å². The van der Waals surface area contributed by atoms with E-state index in [1.54, 1.807) is 6.07 Å². The first kappa shape index (κ1) is 15.1. The molecule has 3 rings (SSSR count). The molecule has 21 heavy (non-hydrogen) atoms. The highest BCUT2D eigenvalue weighted by Gasteiger charge is 2.43. The Bertz CT molecular complexity index is 551. The Morgan fingerprint density at radius 1 is 1.38 bits per heavy atom. The van der Waals surface area contributed by atoms with Crippen LogP contribution in [0.3, 0.4) is 0 Å². The van der Waals surface area contributed by atoms with E-state index in [0.717, 1.165) is 37.9 Å². The van der Waals surface area contributed by atoms with Gasteiger partial charge in [-0.25, -0.2) is 0 Å². The number of benzene rings is 1. The zero-order valence-electron chi connectivity index (χ0n) is 12.2. The van der Waals surface area contributed by atoms with Gasteiger partial charge in [0.2, 0.25) is 5.91 Å². The number of hydrogen-bond acceptors (Lipinski definition) is 2. The molecule has 1 aromatic carbocycles. The van der Waals surface area contributed by atoms with Crippen LogP contribution in [0, 0.1) is 5.41 Å². The lowest BCUT2D eigenvalue weighted by Crippen LogP contribution is -2.44. The topological polar surface area (TPSA) is 32.3 Å². The molecule has 0 aromatic heterocycles. The van der Waals surface area contributed by atoms with Gasteiger partial charge in [0.05, 0.1) is 15.5 Å². The summed E-state index contributed by atoms with van der Waals surface area (Å²) in [6.45, 7) is 4.39. The molecule has 1 saturated carbocycles. The molecule has 2 fully saturated rings. The van der Waals surface area contributed by atoms with E-state index in [2.05, 4.69) is 12.2 Å². The molecule has 3 nitrogen and oxygen atoms in total. The van der Waals surface area contributed by atoms with Crippen molar-refractivity contribution in [3.63, 3.8) is 0 Å². The van der Waals surface area contributed by atoms with Crippen molar-refractivity contribution in [3.8, 4) is 0 Å². The molecule has 0 spiro atoms. The summed E-state index contributed by atoms with van der Waals surface area (Å²) in [5.74, 6) is 0.265. The summed E-state index contributed by atoms with van der Waals surface area (Å²) in [7, 11) is 0. The molecule has 0 radical (unpaired) electrons. The second-order valence-corrected chi connectivity index (χ2v) is 7.21. The van der Waals surface area contributed by atoms with Gasteiger partial charge >= 0.3 is 0 Å². The monoisotopic (exact) mass is 326 g/mol. The van der Waals surface area contributed by atoms with Crippen molar-refractivity contribution in [2.24, 2.45) is 5.41 Å². The molecule has 2 aliphatic rings. The standard InChI is InChI=1S/C16H20Cl2N2O/c1-16(6-7-19-10-16)15(21)20(12-3-4-12)9-11-2-5-13(17)14(18)8-11/h2,5,8,12,19H,3-4,6-7,9-10H2,1H3. The average molecular weight is 327 g/mol. The van der Waals surface area contributed by atoms with E-state index >= 15 is 0 Å². The number of nitrogens with one attached hydrogen (secondary N) is 1. The summed E-state index contributed by atoms with van der Waals surface area (Å²) in [6.07, 6.45) is 3.13. The largest absolute Gasteiger partial charge is 0.335 e. The summed E-state index contributed by atoms with van der Waals surface area (Å²) in [5, 5.41) is 4.40. The van der Waals surface area contributed by atoms with Gasteiger partial charge in [-0.05, 0) is 50.4 Å². The van der Waals surface area contributed by atoms with Gasteiger partial charge in [-0.15, -0.1) is 0 Å². The fourth-order valence-corrected chi connectivity index (χ4v) is 3.25.